The van der Waals surface area contributed by atoms with E-state index in [1.54, 1.807) is 12.3 Å². The van der Waals surface area contributed by atoms with Gasteiger partial charge in [0, 0.05) is 6.20 Å². The van der Waals surface area contributed by atoms with Crippen LogP contribution in [0.4, 0.5) is 10.7 Å². The maximum absolute atomic E-state index is 11.3. The van der Waals surface area contributed by atoms with Crippen LogP contribution in [-0.4, -0.2) is 22.9 Å². The van der Waals surface area contributed by atoms with Crippen LogP contribution < -0.4 is 5.14 Å². The lowest BCUT2D eigenvalue weighted by molar-refractivity contribution is 0.459. The van der Waals surface area contributed by atoms with Crippen LogP contribution in [0.1, 0.15) is 0 Å². The molecule has 0 saturated carbocycles. The molecule has 0 aliphatic heterocycles. The van der Waals surface area contributed by atoms with Gasteiger partial charge >= 0.3 is 0 Å². The molecule has 0 unspecified atom stereocenters. The van der Waals surface area contributed by atoms with Crippen LogP contribution in [0.5, 0.6) is 5.75 Å². The highest BCUT2D eigenvalue weighted by Crippen LogP contribution is 2.32. The van der Waals surface area contributed by atoms with Gasteiger partial charge in [-0.1, -0.05) is 0 Å². The Balaban J connectivity index is 2.00. The Morgan fingerprint density at radius 3 is 2.82 bits per heavy atom. The number of primary sulfonamides is 1. The number of nitrogens with two attached hydrogens (primary N) is 1. The monoisotopic (exact) mass is 335 g/mol. The molecule has 0 radical (unpaired) electrons. The van der Waals surface area contributed by atoms with E-state index in [-0.39, 0.29) is 5.69 Å². The second-order valence-corrected chi connectivity index (χ2v) is 6.54. The Bertz CT molecular complexity index is 981. The third kappa shape index (κ3) is 2.79. The average Bonchev–Trinajstić information content (AvgIpc) is 2.88. The number of aromatic hydroxyl groups is 1. The smallest absolute Gasteiger partial charge is 0.241 e. The molecule has 0 amide bonds. The zero-order chi connectivity index (χ0) is 15.7. The Kier molecular flexibility index (Phi) is 3.56. The minimum Gasteiger partial charge on any atom is -0.507 e. The van der Waals surface area contributed by atoms with Crippen LogP contribution in [0.2, 0.25) is 0 Å². The lowest BCUT2D eigenvalue weighted by Crippen LogP contribution is -2.12. The van der Waals surface area contributed by atoms with Gasteiger partial charge in [0.05, 0.1) is 11.1 Å². The molecular formula is C12H9N5O3S2. The Morgan fingerprint density at radius 2 is 2.05 bits per heavy atom. The van der Waals surface area contributed by atoms with Crippen molar-refractivity contribution in [2.45, 2.75) is 4.90 Å². The number of rotatable bonds is 3. The van der Waals surface area contributed by atoms with Crippen LogP contribution in [0.3, 0.4) is 0 Å². The van der Waals surface area contributed by atoms with E-state index in [0.717, 1.165) is 23.0 Å². The minimum absolute atomic E-state index is 0.243. The molecule has 0 atom stereocenters. The largest absolute Gasteiger partial charge is 0.507 e. The highest BCUT2D eigenvalue weighted by Gasteiger charge is 2.14. The first-order valence-corrected chi connectivity index (χ1v) is 8.25. The maximum Gasteiger partial charge on any atom is 0.241 e. The van der Waals surface area contributed by atoms with E-state index in [0.29, 0.717) is 10.6 Å². The number of fused-ring (bicyclic) bond motifs is 1. The number of pyridine rings is 1. The number of sulfonamides is 1. The van der Waals surface area contributed by atoms with E-state index in [1.165, 1.54) is 12.1 Å². The zero-order valence-electron chi connectivity index (χ0n) is 10.9. The van der Waals surface area contributed by atoms with E-state index < -0.39 is 20.7 Å². The van der Waals surface area contributed by atoms with Gasteiger partial charge in [0.2, 0.25) is 10.0 Å². The predicted octanol–water partition coefficient (Wildman–Crippen LogP) is 2.46. The molecule has 112 valence electrons. The van der Waals surface area contributed by atoms with E-state index in [4.69, 9.17) is 5.14 Å². The van der Waals surface area contributed by atoms with Gasteiger partial charge in [-0.05, 0) is 41.9 Å². The summed E-state index contributed by atoms with van der Waals surface area (Å²) < 4.78 is 26.8. The van der Waals surface area contributed by atoms with Crippen molar-refractivity contribution >= 4 is 43.3 Å². The fraction of sp³-hybridized carbons (Fsp3) is 0. The number of azo groups is 1. The molecule has 22 heavy (non-hydrogen) atoms. The van der Waals surface area contributed by atoms with Crippen LogP contribution >= 0.6 is 11.5 Å². The van der Waals surface area contributed by atoms with Gasteiger partial charge < -0.3 is 5.11 Å². The lowest BCUT2D eigenvalue weighted by Gasteiger charge is -2.02. The highest BCUT2D eigenvalue weighted by molar-refractivity contribution is 7.89. The summed E-state index contributed by atoms with van der Waals surface area (Å²) in [6.07, 6.45) is 1.63. The third-order valence-corrected chi connectivity index (χ3v) is 4.42. The van der Waals surface area contributed by atoms with Gasteiger partial charge in [0.1, 0.15) is 10.6 Å². The van der Waals surface area contributed by atoms with Gasteiger partial charge in [-0.3, -0.25) is 0 Å². The third-order valence-electron chi connectivity index (χ3n) is 2.74. The molecule has 0 spiro atoms. The molecule has 0 saturated heterocycles. The molecule has 10 heteroatoms. The van der Waals surface area contributed by atoms with Crippen molar-refractivity contribution in [3.63, 3.8) is 0 Å². The van der Waals surface area contributed by atoms with Gasteiger partial charge in [-0.2, -0.15) is 4.37 Å². The topological polar surface area (TPSA) is 131 Å². The van der Waals surface area contributed by atoms with Crippen LogP contribution in [0, 0.1) is 0 Å². The maximum atomic E-state index is 11.3. The highest BCUT2D eigenvalue weighted by atomic mass is 32.2. The summed E-state index contributed by atoms with van der Waals surface area (Å²) in [5.74, 6) is -0.436. The fourth-order valence-corrected chi connectivity index (χ4v) is 3.04. The molecule has 3 aromatic rings. The molecule has 8 nitrogen and oxygen atoms in total. The first-order chi connectivity index (χ1) is 10.4. The molecule has 0 bridgehead atoms. The summed E-state index contributed by atoms with van der Waals surface area (Å²) in [5.41, 5.74) is 0.810. The summed E-state index contributed by atoms with van der Waals surface area (Å²) in [5, 5.41) is 23.8. The number of hydrogen-bond donors (Lipinski definition) is 2. The van der Waals surface area contributed by atoms with Crippen molar-refractivity contribution in [1.82, 2.24) is 9.36 Å². The van der Waals surface area contributed by atoms with E-state index in [2.05, 4.69) is 19.6 Å². The number of aromatic nitrogens is 2. The van der Waals surface area contributed by atoms with Gasteiger partial charge in [-0.25, -0.2) is 18.5 Å². The van der Waals surface area contributed by atoms with Crippen LogP contribution in [0.25, 0.3) is 11.0 Å². The molecule has 0 fully saturated rings. The van der Waals surface area contributed by atoms with Gasteiger partial charge in [-0.15, -0.1) is 10.2 Å². The number of nitrogens with zero attached hydrogens (tertiary/aromatic N) is 4. The SMILES string of the molecule is NS(=O)(=O)c1cc(/N=N/c2snc3ncccc23)ccc1O. The molecule has 0 aliphatic rings. The minimum atomic E-state index is -4.03. The fourth-order valence-electron chi connectivity index (χ4n) is 1.74. The Hall–Kier alpha value is -2.43. The first kappa shape index (κ1) is 14.5. The molecule has 2 aromatic heterocycles. The molecular weight excluding hydrogens is 326 g/mol. The van der Waals surface area contributed by atoms with Crippen molar-refractivity contribution in [3.8, 4) is 5.75 Å². The number of benzene rings is 1. The summed E-state index contributed by atoms with van der Waals surface area (Å²) in [4.78, 5) is 3.68. The summed E-state index contributed by atoms with van der Waals surface area (Å²) in [6.45, 7) is 0. The standard InChI is InChI=1S/C12H9N5O3S2/c13-22(19,20)10-6-7(3-4-9(10)18)15-16-12-8-2-1-5-14-11(8)17-21-12/h1-6,18H,(H2,13,19,20)/b16-15+. The zero-order valence-corrected chi connectivity index (χ0v) is 12.5. The number of phenols is 1. The average molecular weight is 335 g/mol. The Labute approximate surface area is 129 Å². The van der Waals surface area contributed by atoms with Crippen molar-refractivity contribution in [1.29, 1.82) is 0 Å². The van der Waals surface area contributed by atoms with E-state index in [1.807, 2.05) is 6.07 Å². The summed E-state index contributed by atoms with van der Waals surface area (Å²) in [6, 6.07) is 7.34. The normalized spacial score (nSPS) is 12.2. The van der Waals surface area contributed by atoms with E-state index >= 15 is 0 Å². The van der Waals surface area contributed by atoms with Crippen LogP contribution in [0.15, 0.2) is 51.7 Å². The molecule has 2 heterocycles. The van der Waals surface area contributed by atoms with Gasteiger partial charge in [0.15, 0.2) is 10.6 Å². The molecule has 3 N–H and O–H groups in total. The molecule has 3 rings (SSSR count). The van der Waals surface area contributed by atoms with Crippen LogP contribution in [-0.2, 0) is 10.0 Å². The number of phenolic OH excluding ortho intramolecular Hbond substituents is 1. The second-order valence-electron chi connectivity index (χ2n) is 4.26. The Morgan fingerprint density at radius 1 is 1.23 bits per heavy atom. The predicted molar refractivity (Wildman–Crippen MR) is 81.1 cm³/mol. The first-order valence-electron chi connectivity index (χ1n) is 5.93. The number of hydrogen-bond acceptors (Lipinski definition) is 8. The van der Waals surface area contributed by atoms with Gasteiger partial charge in [0.25, 0.3) is 0 Å². The second kappa shape index (κ2) is 5.40. The van der Waals surface area contributed by atoms with Crippen molar-refractivity contribution in [2.24, 2.45) is 15.4 Å². The molecule has 1 aromatic carbocycles. The van der Waals surface area contributed by atoms with Crippen molar-refractivity contribution < 1.29 is 13.5 Å². The van der Waals surface area contributed by atoms with Crippen molar-refractivity contribution in [2.75, 3.05) is 0 Å². The van der Waals surface area contributed by atoms with E-state index in [9.17, 15) is 13.5 Å². The lowest BCUT2D eigenvalue weighted by atomic mass is 10.3. The quantitative estimate of drug-likeness (QED) is 0.710. The molecule has 0 aliphatic carbocycles. The summed E-state index contributed by atoms with van der Waals surface area (Å²) in [7, 11) is -4.03. The summed E-state index contributed by atoms with van der Waals surface area (Å²) >= 11 is 1.13. The van der Waals surface area contributed by atoms with Crippen molar-refractivity contribution in [3.05, 3.63) is 36.5 Å².